The molecule has 4 aromatic heterocycles. The van der Waals surface area contributed by atoms with E-state index in [2.05, 4.69) is 25.1 Å². The van der Waals surface area contributed by atoms with E-state index in [1.807, 2.05) is 26.1 Å². The van der Waals surface area contributed by atoms with Gasteiger partial charge in [-0.05, 0) is 19.9 Å². The van der Waals surface area contributed by atoms with Crippen LogP contribution in [0.4, 0.5) is 10.2 Å². The first kappa shape index (κ1) is 19.0. The van der Waals surface area contributed by atoms with Crippen LogP contribution >= 0.6 is 11.6 Å². The first-order valence-corrected chi connectivity index (χ1v) is 9.93. The van der Waals surface area contributed by atoms with E-state index in [-0.39, 0.29) is 17.2 Å². The number of H-pyrrole nitrogens is 1. The van der Waals surface area contributed by atoms with E-state index < -0.39 is 5.82 Å². The van der Waals surface area contributed by atoms with Crippen LogP contribution in [0, 0.1) is 12.7 Å². The lowest BCUT2D eigenvalue weighted by atomic mass is 10.1. The molecule has 4 aromatic rings. The van der Waals surface area contributed by atoms with Gasteiger partial charge in [0.15, 0.2) is 5.82 Å². The number of rotatable bonds is 3. The van der Waals surface area contributed by atoms with Gasteiger partial charge in [-0.1, -0.05) is 11.6 Å². The molecule has 1 saturated heterocycles. The molecule has 0 aromatic carbocycles. The third kappa shape index (κ3) is 3.29. The zero-order valence-electron chi connectivity index (χ0n) is 16.4. The van der Waals surface area contributed by atoms with Crippen molar-refractivity contribution in [2.24, 2.45) is 0 Å². The molecule has 0 saturated carbocycles. The summed E-state index contributed by atoms with van der Waals surface area (Å²) in [6, 6.07) is 3.16. The standard InChI is InChI=1S/C20H19ClFN7O/c1-11-8-28(10-17(30-11)13-6-25-27-12(13)2)18-3-4-23-20(26-18)16-7-24-19-5-15(22)14(21)9-29(16)19/h3-7,9,11,17H,8,10H2,1-2H3,(H,25,27)/t11-,17+/m0/s1. The molecule has 0 bridgehead atoms. The summed E-state index contributed by atoms with van der Waals surface area (Å²) >= 11 is 5.96. The van der Waals surface area contributed by atoms with Crippen LogP contribution in [0.5, 0.6) is 0 Å². The molecule has 0 radical (unpaired) electrons. The van der Waals surface area contributed by atoms with E-state index in [0.717, 1.165) is 17.1 Å². The summed E-state index contributed by atoms with van der Waals surface area (Å²) in [5.41, 5.74) is 3.11. The molecule has 0 spiro atoms. The van der Waals surface area contributed by atoms with E-state index in [4.69, 9.17) is 21.3 Å². The van der Waals surface area contributed by atoms with Crippen LogP contribution in [0.1, 0.15) is 24.3 Å². The van der Waals surface area contributed by atoms with Crippen molar-refractivity contribution in [3.63, 3.8) is 0 Å². The van der Waals surface area contributed by atoms with Gasteiger partial charge in [0.1, 0.15) is 29.1 Å². The first-order valence-electron chi connectivity index (χ1n) is 9.55. The molecule has 5 heterocycles. The minimum Gasteiger partial charge on any atom is -0.367 e. The molecule has 10 heteroatoms. The van der Waals surface area contributed by atoms with Crippen LogP contribution < -0.4 is 4.90 Å². The Hall–Kier alpha value is -3.04. The Morgan fingerprint density at radius 3 is 2.93 bits per heavy atom. The quantitative estimate of drug-likeness (QED) is 0.538. The molecule has 1 aliphatic rings. The summed E-state index contributed by atoms with van der Waals surface area (Å²) in [5, 5.41) is 7.09. The second kappa shape index (κ2) is 7.33. The number of halogens is 2. The van der Waals surface area contributed by atoms with Gasteiger partial charge >= 0.3 is 0 Å². The normalized spacial score (nSPS) is 19.5. The third-order valence-electron chi connectivity index (χ3n) is 5.22. The summed E-state index contributed by atoms with van der Waals surface area (Å²) in [6.07, 6.45) is 6.53. The van der Waals surface area contributed by atoms with Crippen molar-refractivity contribution in [2.75, 3.05) is 18.0 Å². The smallest absolute Gasteiger partial charge is 0.180 e. The predicted octanol–water partition coefficient (Wildman–Crippen LogP) is 3.58. The fourth-order valence-corrected chi connectivity index (χ4v) is 3.94. The molecular weight excluding hydrogens is 409 g/mol. The average Bonchev–Trinajstić information content (AvgIpc) is 3.34. The van der Waals surface area contributed by atoms with Gasteiger partial charge in [-0.3, -0.25) is 9.50 Å². The zero-order valence-corrected chi connectivity index (χ0v) is 17.1. The minimum atomic E-state index is -0.515. The summed E-state index contributed by atoms with van der Waals surface area (Å²) in [6.45, 7) is 5.37. The summed E-state index contributed by atoms with van der Waals surface area (Å²) in [5.74, 6) is 0.751. The van der Waals surface area contributed by atoms with E-state index in [1.54, 1.807) is 16.8 Å². The Morgan fingerprint density at radius 1 is 1.27 bits per heavy atom. The lowest BCUT2D eigenvalue weighted by molar-refractivity contribution is -0.0178. The number of morpholine rings is 1. The fourth-order valence-electron chi connectivity index (χ4n) is 3.78. The highest BCUT2D eigenvalue weighted by molar-refractivity contribution is 6.30. The van der Waals surface area contributed by atoms with E-state index >= 15 is 0 Å². The van der Waals surface area contributed by atoms with Gasteiger partial charge in [-0.15, -0.1) is 0 Å². The average molecular weight is 428 g/mol. The highest BCUT2D eigenvalue weighted by Crippen LogP contribution is 2.30. The molecule has 0 amide bonds. The van der Waals surface area contributed by atoms with Crippen LogP contribution in [-0.2, 0) is 4.74 Å². The molecule has 0 unspecified atom stereocenters. The lowest BCUT2D eigenvalue weighted by Gasteiger charge is -2.37. The van der Waals surface area contributed by atoms with Crippen LogP contribution in [0.2, 0.25) is 5.02 Å². The molecule has 0 aliphatic carbocycles. The molecule has 30 heavy (non-hydrogen) atoms. The summed E-state index contributed by atoms with van der Waals surface area (Å²) in [7, 11) is 0. The van der Waals surface area contributed by atoms with Crippen LogP contribution in [-0.4, -0.2) is 48.7 Å². The van der Waals surface area contributed by atoms with Gasteiger partial charge in [-0.2, -0.15) is 5.10 Å². The zero-order chi connectivity index (χ0) is 20.8. The van der Waals surface area contributed by atoms with Crippen molar-refractivity contribution >= 4 is 23.1 Å². The minimum absolute atomic E-state index is 0.0123. The summed E-state index contributed by atoms with van der Waals surface area (Å²) < 4.78 is 21.6. The van der Waals surface area contributed by atoms with Crippen molar-refractivity contribution < 1.29 is 9.13 Å². The van der Waals surface area contributed by atoms with Gasteiger partial charge in [0, 0.05) is 36.3 Å². The number of aromatic nitrogens is 6. The number of ether oxygens (including phenoxy) is 1. The van der Waals surface area contributed by atoms with E-state index in [0.29, 0.717) is 30.3 Å². The number of nitrogens with zero attached hydrogens (tertiary/aromatic N) is 6. The number of anilines is 1. The maximum atomic E-state index is 13.7. The Balaban J connectivity index is 1.49. The fraction of sp³-hybridized carbons (Fsp3) is 0.300. The molecular formula is C20H19ClFN7O. The molecule has 1 fully saturated rings. The van der Waals surface area contributed by atoms with Crippen LogP contribution in [0.25, 0.3) is 17.2 Å². The van der Waals surface area contributed by atoms with Crippen molar-refractivity contribution in [3.05, 3.63) is 59.0 Å². The van der Waals surface area contributed by atoms with Crippen LogP contribution in [0.15, 0.2) is 36.9 Å². The maximum absolute atomic E-state index is 13.7. The first-order chi connectivity index (χ1) is 14.5. The monoisotopic (exact) mass is 427 g/mol. The number of imidazole rings is 1. The Morgan fingerprint density at radius 2 is 2.13 bits per heavy atom. The number of pyridine rings is 1. The van der Waals surface area contributed by atoms with E-state index in [9.17, 15) is 4.39 Å². The van der Waals surface area contributed by atoms with Gasteiger partial charge in [-0.25, -0.2) is 19.3 Å². The van der Waals surface area contributed by atoms with Gasteiger partial charge in [0.25, 0.3) is 0 Å². The topological polar surface area (TPSA) is 84.2 Å². The highest BCUT2D eigenvalue weighted by Gasteiger charge is 2.29. The Kier molecular flexibility index (Phi) is 4.63. The number of hydrogen-bond acceptors (Lipinski definition) is 6. The van der Waals surface area contributed by atoms with Crippen molar-refractivity contribution in [1.82, 2.24) is 29.5 Å². The van der Waals surface area contributed by atoms with Crippen molar-refractivity contribution in [1.29, 1.82) is 0 Å². The Bertz CT molecular complexity index is 1220. The van der Waals surface area contributed by atoms with Crippen molar-refractivity contribution in [3.8, 4) is 11.5 Å². The molecule has 1 aliphatic heterocycles. The molecule has 5 rings (SSSR count). The second-order valence-corrected chi connectivity index (χ2v) is 7.78. The largest absolute Gasteiger partial charge is 0.367 e. The molecule has 8 nitrogen and oxygen atoms in total. The molecule has 154 valence electrons. The van der Waals surface area contributed by atoms with E-state index in [1.165, 1.54) is 12.3 Å². The van der Waals surface area contributed by atoms with Gasteiger partial charge in [0.2, 0.25) is 0 Å². The van der Waals surface area contributed by atoms with Crippen LogP contribution in [0.3, 0.4) is 0 Å². The number of hydrogen-bond donors (Lipinski definition) is 1. The predicted molar refractivity (Wildman–Crippen MR) is 110 cm³/mol. The maximum Gasteiger partial charge on any atom is 0.180 e. The lowest BCUT2D eigenvalue weighted by Crippen LogP contribution is -2.43. The summed E-state index contributed by atoms with van der Waals surface area (Å²) in [4.78, 5) is 15.6. The number of nitrogens with one attached hydrogen (secondary N) is 1. The number of aromatic amines is 1. The SMILES string of the molecule is Cc1[nH]ncc1[C@H]1CN(c2ccnc(-c3cnc4cc(F)c(Cl)cn34)n2)C[C@H](C)O1. The molecule has 2 atom stereocenters. The molecule has 1 N–H and O–H groups in total. The Labute approximate surface area is 176 Å². The number of fused-ring (bicyclic) bond motifs is 1. The number of aryl methyl sites for hydroxylation is 1. The highest BCUT2D eigenvalue weighted by atomic mass is 35.5. The second-order valence-electron chi connectivity index (χ2n) is 7.37. The van der Waals surface area contributed by atoms with Gasteiger partial charge < -0.3 is 9.64 Å². The van der Waals surface area contributed by atoms with Crippen molar-refractivity contribution in [2.45, 2.75) is 26.1 Å². The third-order valence-corrected chi connectivity index (χ3v) is 5.50. The van der Waals surface area contributed by atoms with Gasteiger partial charge in [0.05, 0.1) is 30.1 Å².